The lowest BCUT2D eigenvalue weighted by Crippen LogP contribution is -2.31. The molecule has 2 fully saturated rings. The standard InChI is InChI=1S/C16H21N5O2/c1-21-13(4-6-19-21)15-11(5-7-23-15)8-17-16(22)12-9-18-20-14(12)10-2-3-10/h4,6,9-11,15H,2-3,5,7-8H2,1H3,(H,17,22)(H,18,20)/t11-,15+/m0/s1. The highest BCUT2D eigenvalue weighted by molar-refractivity contribution is 5.95. The summed E-state index contributed by atoms with van der Waals surface area (Å²) < 4.78 is 7.69. The Labute approximate surface area is 134 Å². The Morgan fingerprint density at radius 1 is 1.48 bits per heavy atom. The lowest BCUT2D eigenvalue weighted by Gasteiger charge is -2.19. The van der Waals surface area contributed by atoms with Gasteiger partial charge in [-0.3, -0.25) is 14.6 Å². The van der Waals surface area contributed by atoms with Crippen molar-refractivity contribution in [2.24, 2.45) is 13.0 Å². The molecule has 4 rings (SSSR count). The zero-order valence-electron chi connectivity index (χ0n) is 13.2. The summed E-state index contributed by atoms with van der Waals surface area (Å²) in [5, 5.41) is 14.3. The van der Waals surface area contributed by atoms with Crippen LogP contribution in [0.2, 0.25) is 0 Å². The predicted molar refractivity (Wildman–Crippen MR) is 82.9 cm³/mol. The van der Waals surface area contributed by atoms with Gasteiger partial charge in [0.1, 0.15) is 6.10 Å². The highest BCUT2D eigenvalue weighted by atomic mass is 16.5. The minimum atomic E-state index is -0.0451. The molecular weight excluding hydrogens is 294 g/mol. The first kappa shape index (κ1) is 14.4. The zero-order valence-corrected chi connectivity index (χ0v) is 13.2. The molecule has 0 aromatic carbocycles. The van der Waals surface area contributed by atoms with Gasteiger partial charge in [-0.15, -0.1) is 0 Å². The summed E-state index contributed by atoms with van der Waals surface area (Å²) in [5.41, 5.74) is 2.72. The van der Waals surface area contributed by atoms with E-state index in [1.807, 2.05) is 17.8 Å². The lowest BCUT2D eigenvalue weighted by molar-refractivity contribution is 0.0801. The number of aromatic nitrogens is 4. The Bertz CT molecular complexity index is 703. The van der Waals surface area contributed by atoms with E-state index >= 15 is 0 Å². The molecular formula is C16H21N5O2. The second-order valence-corrected chi connectivity index (χ2v) is 6.40. The summed E-state index contributed by atoms with van der Waals surface area (Å²) in [6.07, 6.45) is 6.63. The van der Waals surface area contributed by atoms with Crippen LogP contribution >= 0.6 is 0 Å². The van der Waals surface area contributed by atoms with Crippen LogP contribution in [0, 0.1) is 5.92 Å². The number of hydrogen-bond acceptors (Lipinski definition) is 4. The van der Waals surface area contributed by atoms with Crippen molar-refractivity contribution in [2.45, 2.75) is 31.3 Å². The lowest BCUT2D eigenvalue weighted by atomic mass is 9.98. The van der Waals surface area contributed by atoms with Crippen molar-refractivity contribution in [3.8, 4) is 0 Å². The van der Waals surface area contributed by atoms with Gasteiger partial charge in [0.15, 0.2) is 0 Å². The van der Waals surface area contributed by atoms with Crippen molar-refractivity contribution in [2.75, 3.05) is 13.2 Å². The first-order chi connectivity index (χ1) is 11.2. The monoisotopic (exact) mass is 315 g/mol. The number of hydrogen-bond donors (Lipinski definition) is 2. The number of H-pyrrole nitrogens is 1. The number of aryl methyl sites for hydroxylation is 1. The van der Waals surface area contributed by atoms with E-state index in [-0.39, 0.29) is 17.9 Å². The number of nitrogens with zero attached hydrogens (tertiary/aromatic N) is 3. The second kappa shape index (κ2) is 5.81. The number of ether oxygens (including phenoxy) is 1. The van der Waals surface area contributed by atoms with E-state index in [1.165, 1.54) is 0 Å². The Morgan fingerprint density at radius 3 is 3.09 bits per heavy atom. The molecule has 0 spiro atoms. The largest absolute Gasteiger partial charge is 0.372 e. The number of rotatable bonds is 5. The van der Waals surface area contributed by atoms with Gasteiger partial charge in [-0.2, -0.15) is 10.2 Å². The fourth-order valence-electron chi connectivity index (χ4n) is 3.31. The first-order valence-electron chi connectivity index (χ1n) is 8.15. The Balaban J connectivity index is 1.41. The summed E-state index contributed by atoms with van der Waals surface area (Å²) in [6, 6.07) is 1.98. The Hall–Kier alpha value is -2.15. The minimum Gasteiger partial charge on any atom is -0.372 e. The SMILES string of the molecule is Cn1nccc1[C@@H]1OCC[C@H]1CNC(=O)c1cn[nH]c1C1CC1. The third-order valence-electron chi connectivity index (χ3n) is 4.79. The van der Waals surface area contributed by atoms with Gasteiger partial charge in [0.05, 0.1) is 23.1 Å². The van der Waals surface area contributed by atoms with Crippen LogP contribution in [0.3, 0.4) is 0 Å². The van der Waals surface area contributed by atoms with E-state index in [4.69, 9.17) is 4.74 Å². The predicted octanol–water partition coefficient (Wildman–Crippen LogP) is 1.53. The highest BCUT2D eigenvalue weighted by Gasteiger charge is 2.33. The van der Waals surface area contributed by atoms with Crippen LogP contribution in [-0.4, -0.2) is 39.0 Å². The van der Waals surface area contributed by atoms with Gasteiger partial charge in [0.25, 0.3) is 5.91 Å². The molecule has 7 heteroatoms. The van der Waals surface area contributed by atoms with Gasteiger partial charge >= 0.3 is 0 Å². The molecule has 122 valence electrons. The molecule has 2 N–H and O–H groups in total. The van der Waals surface area contributed by atoms with Gasteiger partial charge in [-0.1, -0.05) is 0 Å². The quantitative estimate of drug-likeness (QED) is 0.876. The zero-order chi connectivity index (χ0) is 15.8. The molecule has 2 atom stereocenters. The number of carbonyl (C=O) groups excluding carboxylic acids is 1. The van der Waals surface area contributed by atoms with Crippen LogP contribution in [0.15, 0.2) is 18.5 Å². The normalized spacial score (nSPS) is 24.0. The van der Waals surface area contributed by atoms with Gasteiger partial charge in [0.2, 0.25) is 0 Å². The average molecular weight is 315 g/mol. The molecule has 0 bridgehead atoms. The summed E-state index contributed by atoms with van der Waals surface area (Å²) in [6.45, 7) is 1.32. The van der Waals surface area contributed by atoms with E-state index in [0.29, 0.717) is 18.0 Å². The molecule has 1 aliphatic carbocycles. The third-order valence-corrected chi connectivity index (χ3v) is 4.79. The van der Waals surface area contributed by atoms with E-state index in [9.17, 15) is 4.79 Å². The van der Waals surface area contributed by atoms with Crippen LogP contribution in [-0.2, 0) is 11.8 Å². The molecule has 2 aromatic heterocycles. The molecule has 7 nitrogen and oxygen atoms in total. The van der Waals surface area contributed by atoms with E-state index < -0.39 is 0 Å². The van der Waals surface area contributed by atoms with Crippen molar-refractivity contribution >= 4 is 5.91 Å². The maximum absolute atomic E-state index is 12.4. The van der Waals surface area contributed by atoms with Crippen molar-refractivity contribution in [1.82, 2.24) is 25.3 Å². The van der Waals surface area contributed by atoms with Gasteiger partial charge < -0.3 is 10.1 Å². The number of carbonyl (C=O) groups is 1. The fourth-order valence-corrected chi connectivity index (χ4v) is 3.31. The summed E-state index contributed by atoms with van der Waals surface area (Å²) in [4.78, 5) is 12.4. The molecule has 2 aliphatic rings. The fraction of sp³-hybridized carbons (Fsp3) is 0.562. The van der Waals surface area contributed by atoms with E-state index in [0.717, 1.165) is 37.3 Å². The average Bonchev–Trinajstić information content (AvgIpc) is 2.96. The summed E-state index contributed by atoms with van der Waals surface area (Å²) >= 11 is 0. The summed E-state index contributed by atoms with van der Waals surface area (Å²) in [5.74, 6) is 0.706. The summed E-state index contributed by atoms with van der Waals surface area (Å²) in [7, 11) is 1.92. The maximum Gasteiger partial charge on any atom is 0.254 e. The molecule has 1 amide bonds. The maximum atomic E-state index is 12.4. The minimum absolute atomic E-state index is 0.00458. The number of nitrogens with one attached hydrogen (secondary N) is 2. The van der Waals surface area contributed by atoms with Crippen LogP contribution in [0.4, 0.5) is 0 Å². The second-order valence-electron chi connectivity index (χ2n) is 6.40. The Morgan fingerprint density at radius 2 is 2.35 bits per heavy atom. The molecule has 1 aliphatic heterocycles. The Kier molecular flexibility index (Phi) is 3.65. The molecule has 0 unspecified atom stereocenters. The topological polar surface area (TPSA) is 84.8 Å². The molecule has 1 saturated carbocycles. The smallest absolute Gasteiger partial charge is 0.254 e. The van der Waals surface area contributed by atoms with Crippen LogP contribution in [0.25, 0.3) is 0 Å². The van der Waals surface area contributed by atoms with Crippen LogP contribution in [0.1, 0.15) is 53.0 Å². The van der Waals surface area contributed by atoms with Gasteiger partial charge in [-0.25, -0.2) is 0 Å². The number of aromatic amines is 1. The van der Waals surface area contributed by atoms with E-state index in [2.05, 4.69) is 20.6 Å². The van der Waals surface area contributed by atoms with Gasteiger partial charge in [0, 0.05) is 38.2 Å². The van der Waals surface area contributed by atoms with E-state index in [1.54, 1.807) is 12.4 Å². The van der Waals surface area contributed by atoms with Crippen molar-refractivity contribution in [1.29, 1.82) is 0 Å². The molecule has 23 heavy (non-hydrogen) atoms. The van der Waals surface area contributed by atoms with Crippen molar-refractivity contribution in [3.05, 3.63) is 35.4 Å². The molecule has 0 radical (unpaired) electrons. The molecule has 2 aromatic rings. The highest BCUT2D eigenvalue weighted by Crippen LogP contribution is 2.40. The molecule has 1 saturated heterocycles. The van der Waals surface area contributed by atoms with Crippen LogP contribution in [0.5, 0.6) is 0 Å². The van der Waals surface area contributed by atoms with Crippen LogP contribution < -0.4 is 5.32 Å². The number of amides is 1. The van der Waals surface area contributed by atoms with Crippen molar-refractivity contribution < 1.29 is 9.53 Å². The first-order valence-corrected chi connectivity index (χ1v) is 8.15. The van der Waals surface area contributed by atoms with Gasteiger partial charge in [-0.05, 0) is 25.3 Å². The third kappa shape index (κ3) is 2.76. The molecule has 3 heterocycles. The van der Waals surface area contributed by atoms with Crippen molar-refractivity contribution in [3.63, 3.8) is 0 Å².